The molecule has 1 aliphatic rings. The van der Waals surface area contributed by atoms with Crippen molar-refractivity contribution in [2.75, 3.05) is 6.54 Å². The Kier molecular flexibility index (Phi) is 4.43. The molecule has 1 atom stereocenters. The molecule has 0 aromatic carbocycles. The minimum absolute atomic E-state index is 0.410. The molecule has 1 fully saturated rings. The van der Waals surface area contributed by atoms with Gasteiger partial charge in [0.1, 0.15) is 0 Å². The van der Waals surface area contributed by atoms with E-state index in [2.05, 4.69) is 33.0 Å². The van der Waals surface area contributed by atoms with Crippen LogP contribution in [0.4, 0.5) is 0 Å². The third kappa shape index (κ3) is 3.61. The molecule has 1 heteroatoms. The zero-order valence-corrected chi connectivity index (χ0v) is 10.4. The van der Waals surface area contributed by atoms with E-state index in [1.54, 1.807) is 0 Å². The zero-order chi connectivity index (χ0) is 10.6. The fraction of sp³-hybridized carbons (Fsp3) is 1.00. The molecule has 1 aliphatic carbocycles. The van der Waals surface area contributed by atoms with Crippen LogP contribution in [0.2, 0.25) is 0 Å². The van der Waals surface area contributed by atoms with E-state index in [9.17, 15) is 0 Å². The van der Waals surface area contributed by atoms with E-state index in [4.69, 9.17) is 0 Å². The summed E-state index contributed by atoms with van der Waals surface area (Å²) in [4.78, 5) is 0. The van der Waals surface area contributed by atoms with E-state index in [0.29, 0.717) is 11.5 Å². The van der Waals surface area contributed by atoms with Crippen LogP contribution in [-0.4, -0.2) is 12.6 Å². The molecule has 0 amide bonds. The van der Waals surface area contributed by atoms with Crippen molar-refractivity contribution in [1.29, 1.82) is 0 Å². The van der Waals surface area contributed by atoms with Gasteiger partial charge >= 0.3 is 0 Å². The van der Waals surface area contributed by atoms with E-state index in [1.165, 1.54) is 38.6 Å². The van der Waals surface area contributed by atoms with Crippen LogP contribution in [0.3, 0.4) is 0 Å². The summed E-state index contributed by atoms with van der Waals surface area (Å²) in [5, 5.41) is 3.75. The lowest BCUT2D eigenvalue weighted by Crippen LogP contribution is -2.41. The quantitative estimate of drug-likeness (QED) is 0.726. The van der Waals surface area contributed by atoms with E-state index in [0.717, 1.165) is 5.92 Å². The summed E-state index contributed by atoms with van der Waals surface area (Å²) in [5.74, 6) is 0.964. The Morgan fingerprint density at radius 1 is 1.21 bits per heavy atom. The van der Waals surface area contributed by atoms with Crippen LogP contribution < -0.4 is 5.32 Å². The summed E-state index contributed by atoms with van der Waals surface area (Å²) in [7, 11) is 0. The summed E-state index contributed by atoms with van der Waals surface area (Å²) in [6.45, 7) is 10.5. The molecular weight excluding hydrogens is 170 g/mol. The predicted molar refractivity (Wildman–Crippen MR) is 63.5 cm³/mol. The Labute approximate surface area is 89.7 Å². The molecule has 1 saturated carbocycles. The van der Waals surface area contributed by atoms with Crippen LogP contribution >= 0.6 is 0 Å². The first-order valence-corrected chi connectivity index (χ1v) is 6.27. The molecule has 14 heavy (non-hydrogen) atoms. The van der Waals surface area contributed by atoms with Gasteiger partial charge in [-0.25, -0.2) is 0 Å². The lowest BCUT2D eigenvalue weighted by atomic mass is 9.85. The predicted octanol–water partition coefficient (Wildman–Crippen LogP) is 3.59. The van der Waals surface area contributed by atoms with E-state index in [-0.39, 0.29) is 0 Å². The molecule has 84 valence electrons. The second-order valence-electron chi connectivity index (χ2n) is 5.89. The second-order valence-corrected chi connectivity index (χ2v) is 5.89. The van der Waals surface area contributed by atoms with Crippen LogP contribution in [0, 0.1) is 11.3 Å². The molecule has 1 nitrogen and oxygen atoms in total. The van der Waals surface area contributed by atoms with Crippen molar-refractivity contribution in [2.45, 2.75) is 65.8 Å². The van der Waals surface area contributed by atoms with Gasteiger partial charge in [0, 0.05) is 6.04 Å². The molecular formula is C13H27N. The van der Waals surface area contributed by atoms with Crippen LogP contribution in [0.25, 0.3) is 0 Å². The van der Waals surface area contributed by atoms with Crippen LogP contribution in [0.15, 0.2) is 0 Å². The van der Waals surface area contributed by atoms with Crippen molar-refractivity contribution in [3.8, 4) is 0 Å². The minimum atomic E-state index is 0.410. The largest absolute Gasteiger partial charge is 0.313 e. The van der Waals surface area contributed by atoms with Crippen molar-refractivity contribution in [2.24, 2.45) is 11.3 Å². The summed E-state index contributed by atoms with van der Waals surface area (Å²) < 4.78 is 0. The highest BCUT2D eigenvalue weighted by molar-refractivity contribution is 4.81. The Hall–Kier alpha value is -0.0400. The first kappa shape index (κ1) is 12.0. The maximum absolute atomic E-state index is 3.75. The average molecular weight is 197 g/mol. The van der Waals surface area contributed by atoms with Gasteiger partial charge < -0.3 is 5.32 Å². The van der Waals surface area contributed by atoms with Crippen molar-refractivity contribution < 1.29 is 0 Å². The highest BCUT2D eigenvalue weighted by atomic mass is 14.9. The molecule has 0 bridgehead atoms. The van der Waals surface area contributed by atoms with Crippen LogP contribution in [0.1, 0.15) is 59.8 Å². The van der Waals surface area contributed by atoms with Crippen molar-refractivity contribution in [3.05, 3.63) is 0 Å². The highest BCUT2D eigenvalue weighted by Crippen LogP contribution is 2.26. The molecule has 1 N–H and O–H groups in total. The Balaban J connectivity index is 2.26. The van der Waals surface area contributed by atoms with Gasteiger partial charge in [0.05, 0.1) is 0 Å². The molecule has 1 rings (SSSR count). The molecule has 1 unspecified atom stereocenters. The van der Waals surface area contributed by atoms with Gasteiger partial charge in [0.2, 0.25) is 0 Å². The standard InChI is InChI=1S/C13H27N/c1-5-12(13(2,3)4)14-10-11-8-6-7-9-11/h11-12,14H,5-10H2,1-4H3. The normalized spacial score (nSPS) is 21.4. The summed E-state index contributed by atoms with van der Waals surface area (Å²) in [5.41, 5.74) is 0.410. The number of nitrogens with one attached hydrogen (secondary N) is 1. The maximum Gasteiger partial charge on any atom is 0.0113 e. The van der Waals surface area contributed by atoms with Gasteiger partial charge in [0.25, 0.3) is 0 Å². The van der Waals surface area contributed by atoms with E-state index in [1.807, 2.05) is 0 Å². The van der Waals surface area contributed by atoms with Gasteiger partial charge in [0.15, 0.2) is 0 Å². The second kappa shape index (κ2) is 5.16. The lowest BCUT2D eigenvalue weighted by molar-refractivity contribution is 0.250. The van der Waals surface area contributed by atoms with Crippen LogP contribution in [-0.2, 0) is 0 Å². The zero-order valence-electron chi connectivity index (χ0n) is 10.4. The van der Waals surface area contributed by atoms with Gasteiger partial charge in [-0.2, -0.15) is 0 Å². The van der Waals surface area contributed by atoms with Gasteiger partial charge in [-0.15, -0.1) is 0 Å². The molecule has 0 aromatic heterocycles. The molecule has 0 aromatic rings. The number of rotatable bonds is 4. The molecule has 0 heterocycles. The lowest BCUT2D eigenvalue weighted by Gasteiger charge is -2.31. The van der Waals surface area contributed by atoms with Crippen molar-refractivity contribution in [1.82, 2.24) is 5.32 Å². The SMILES string of the molecule is CCC(NCC1CCCC1)C(C)(C)C. The smallest absolute Gasteiger partial charge is 0.0113 e. The Morgan fingerprint density at radius 2 is 1.79 bits per heavy atom. The average Bonchev–Trinajstić information content (AvgIpc) is 2.55. The van der Waals surface area contributed by atoms with E-state index >= 15 is 0 Å². The van der Waals surface area contributed by atoms with Gasteiger partial charge in [-0.05, 0) is 37.1 Å². The van der Waals surface area contributed by atoms with Crippen molar-refractivity contribution in [3.63, 3.8) is 0 Å². The molecule has 0 spiro atoms. The highest BCUT2D eigenvalue weighted by Gasteiger charge is 2.24. The summed E-state index contributed by atoms with van der Waals surface area (Å²) in [6, 6.07) is 0.683. The fourth-order valence-corrected chi connectivity index (χ4v) is 2.59. The first-order chi connectivity index (χ1) is 6.54. The monoisotopic (exact) mass is 197 g/mol. The maximum atomic E-state index is 3.75. The van der Waals surface area contributed by atoms with Crippen molar-refractivity contribution >= 4 is 0 Å². The Bertz CT molecular complexity index is 151. The van der Waals surface area contributed by atoms with E-state index < -0.39 is 0 Å². The Morgan fingerprint density at radius 3 is 2.21 bits per heavy atom. The fourth-order valence-electron chi connectivity index (χ4n) is 2.59. The first-order valence-electron chi connectivity index (χ1n) is 6.27. The molecule has 0 radical (unpaired) electrons. The van der Waals surface area contributed by atoms with Gasteiger partial charge in [-0.3, -0.25) is 0 Å². The van der Waals surface area contributed by atoms with Crippen LogP contribution in [0.5, 0.6) is 0 Å². The number of hydrogen-bond donors (Lipinski definition) is 1. The topological polar surface area (TPSA) is 12.0 Å². The van der Waals surface area contributed by atoms with Gasteiger partial charge in [-0.1, -0.05) is 40.5 Å². The third-order valence-corrected chi connectivity index (χ3v) is 3.58. The minimum Gasteiger partial charge on any atom is -0.313 e. The molecule has 0 saturated heterocycles. The third-order valence-electron chi connectivity index (χ3n) is 3.58. The summed E-state index contributed by atoms with van der Waals surface area (Å²) in [6.07, 6.45) is 7.06. The summed E-state index contributed by atoms with van der Waals surface area (Å²) >= 11 is 0. The number of hydrogen-bond acceptors (Lipinski definition) is 1. The molecule has 0 aliphatic heterocycles.